The molecule has 0 saturated carbocycles. The summed E-state index contributed by atoms with van der Waals surface area (Å²) in [6, 6.07) is 6.54. The Balaban J connectivity index is 2.05. The average molecular weight is 304 g/mol. The number of rotatable bonds is 1. The van der Waals surface area contributed by atoms with Gasteiger partial charge in [-0.1, -0.05) is 29.3 Å². The molecule has 1 aliphatic rings. The Morgan fingerprint density at radius 1 is 1.23 bits per heavy atom. The van der Waals surface area contributed by atoms with Gasteiger partial charge in [-0.2, -0.15) is 0 Å². The molecule has 0 bridgehead atoms. The summed E-state index contributed by atoms with van der Waals surface area (Å²) in [5.41, 5.74) is 9.69. The molecule has 0 unspecified atom stereocenters. The van der Waals surface area contributed by atoms with Gasteiger partial charge in [-0.05, 0) is 46.6 Å². The fourth-order valence-corrected chi connectivity index (χ4v) is 3.11. The number of likely N-dealkylation sites (tertiary alicyclic amines) is 1. The molecule has 0 radical (unpaired) electrons. The maximum atomic E-state index is 12.2. The Hall–Kier alpha value is -1.55. The molecule has 1 amide bonds. The molecule has 2 rings (SSSR count). The number of carbonyl (C=O) groups is 1. The summed E-state index contributed by atoms with van der Waals surface area (Å²) >= 11 is 0. The van der Waals surface area contributed by atoms with Crippen LogP contribution in [0.25, 0.3) is 0 Å². The van der Waals surface area contributed by atoms with Crippen LogP contribution in [0, 0.1) is 13.8 Å². The van der Waals surface area contributed by atoms with Crippen LogP contribution < -0.4 is 5.73 Å². The first-order valence-electron chi connectivity index (χ1n) is 7.97. The Kier molecular flexibility index (Phi) is 4.81. The summed E-state index contributed by atoms with van der Waals surface area (Å²) in [6.07, 6.45) is 0.616. The molecule has 1 saturated heterocycles. The molecule has 1 heterocycles. The van der Waals surface area contributed by atoms with Crippen LogP contribution in [-0.2, 0) is 4.74 Å². The van der Waals surface area contributed by atoms with Crippen molar-refractivity contribution in [2.45, 2.75) is 58.6 Å². The first kappa shape index (κ1) is 16.8. The first-order chi connectivity index (χ1) is 10.2. The fraction of sp³-hybridized carbons (Fsp3) is 0.611. The molecule has 0 aromatic heterocycles. The highest BCUT2D eigenvalue weighted by atomic mass is 16.6. The molecular weight excluding hydrogens is 276 g/mol. The quantitative estimate of drug-likeness (QED) is 0.865. The maximum Gasteiger partial charge on any atom is 0.410 e. The summed E-state index contributed by atoms with van der Waals surface area (Å²) in [7, 11) is 0. The second-order valence-corrected chi connectivity index (χ2v) is 7.41. The molecule has 1 aromatic carbocycles. The van der Waals surface area contributed by atoms with E-state index in [1.54, 1.807) is 4.90 Å². The Bertz CT molecular complexity index is 528. The topological polar surface area (TPSA) is 55.6 Å². The van der Waals surface area contributed by atoms with E-state index in [-0.39, 0.29) is 12.1 Å². The van der Waals surface area contributed by atoms with E-state index in [4.69, 9.17) is 10.5 Å². The van der Waals surface area contributed by atoms with Crippen molar-refractivity contribution in [2.75, 3.05) is 13.1 Å². The molecule has 2 N–H and O–H groups in total. The number of hydrogen-bond acceptors (Lipinski definition) is 3. The Labute approximate surface area is 133 Å². The van der Waals surface area contributed by atoms with Gasteiger partial charge in [-0.15, -0.1) is 0 Å². The zero-order valence-electron chi connectivity index (χ0n) is 14.3. The predicted molar refractivity (Wildman–Crippen MR) is 89.1 cm³/mol. The zero-order chi connectivity index (χ0) is 16.5. The van der Waals surface area contributed by atoms with Crippen molar-refractivity contribution in [3.05, 3.63) is 34.9 Å². The standard InChI is InChI=1S/C18H28N2O2/c1-12-8-13(2)10-14(9-12)15-6-7-20(11-16(15)19)17(21)22-18(3,4)5/h8-10,15-16H,6-7,11,19H2,1-5H3/t15-,16-/m1/s1. The number of benzene rings is 1. The molecule has 122 valence electrons. The van der Waals surface area contributed by atoms with Gasteiger partial charge in [0, 0.05) is 25.0 Å². The smallest absolute Gasteiger partial charge is 0.410 e. The number of nitrogens with zero attached hydrogens (tertiary/aromatic N) is 1. The normalized spacial score (nSPS) is 22.5. The highest BCUT2D eigenvalue weighted by Gasteiger charge is 2.32. The van der Waals surface area contributed by atoms with Crippen LogP contribution in [0.1, 0.15) is 49.8 Å². The summed E-state index contributed by atoms with van der Waals surface area (Å²) in [6.45, 7) is 11.1. The lowest BCUT2D eigenvalue weighted by Crippen LogP contribution is -2.50. The minimum atomic E-state index is -0.467. The third kappa shape index (κ3) is 4.23. The van der Waals surface area contributed by atoms with Crippen molar-refractivity contribution in [2.24, 2.45) is 5.73 Å². The number of piperidine rings is 1. The van der Waals surface area contributed by atoms with Gasteiger partial charge in [0.25, 0.3) is 0 Å². The van der Waals surface area contributed by atoms with Gasteiger partial charge in [-0.25, -0.2) is 4.79 Å². The van der Waals surface area contributed by atoms with Gasteiger partial charge >= 0.3 is 6.09 Å². The van der Waals surface area contributed by atoms with E-state index in [2.05, 4.69) is 32.0 Å². The van der Waals surface area contributed by atoms with Crippen LogP contribution in [0.4, 0.5) is 4.79 Å². The SMILES string of the molecule is Cc1cc(C)cc([C@H]2CCN(C(=O)OC(C)(C)C)C[C@H]2N)c1. The molecule has 1 aliphatic heterocycles. The third-order valence-corrected chi connectivity index (χ3v) is 3.98. The van der Waals surface area contributed by atoms with E-state index < -0.39 is 5.60 Å². The number of carbonyl (C=O) groups excluding carboxylic acids is 1. The molecule has 0 aliphatic carbocycles. The monoisotopic (exact) mass is 304 g/mol. The summed E-state index contributed by atoms with van der Waals surface area (Å²) in [5, 5.41) is 0. The second-order valence-electron chi connectivity index (χ2n) is 7.41. The number of nitrogens with two attached hydrogens (primary N) is 1. The van der Waals surface area contributed by atoms with E-state index in [0.29, 0.717) is 19.0 Å². The minimum Gasteiger partial charge on any atom is -0.444 e. The predicted octanol–water partition coefficient (Wildman–Crippen LogP) is 3.36. The van der Waals surface area contributed by atoms with Crippen molar-refractivity contribution in [1.29, 1.82) is 0 Å². The highest BCUT2D eigenvalue weighted by molar-refractivity contribution is 5.68. The van der Waals surface area contributed by atoms with Crippen molar-refractivity contribution in [3.63, 3.8) is 0 Å². The number of amides is 1. The van der Waals surface area contributed by atoms with Crippen LogP contribution in [0.5, 0.6) is 0 Å². The number of hydrogen-bond donors (Lipinski definition) is 1. The fourth-order valence-electron chi connectivity index (χ4n) is 3.11. The van der Waals surface area contributed by atoms with E-state index in [0.717, 1.165) is 6.42 Å². The molecule has 22 heavy (non-hydrogen) atoms. The van der Waals surface area contributed by atoms with Gasteiger partial charge < -0.3 is 15.4 Å². The van der Waals surface area contributed by atoms with Gasteiger partial charge in [0.15, 0.2) is 0 Å². The molecule has 1 aromatic rings. The van der Waals surface area contributed by atoms with Crippen LogP contribution in [0.3, 0.4) is 0 Å². The molecular formula is C18H28N2O2. The largest absolute Gasteiger partial charge is 0.444 e. The zero-order valence-corrected chi connectivity index (χ0v) is 14.3. The highest BCUT2D eigenvalue weighted by Crippen LogP contribution is 2.29. The van der Waals surface area contributed by atoms with Crippen molar-refractivity contribution >= 4 is 6.09 Å². The maximum absolute atomic E-state index is 12.2. The van der Waals surface area contributed by atoms with Crippen molar-refractivity contribution < 1.29 is 9.53 Å². The lowest BCUT2D eigenvalue weighted by atomic mass is 9.84. The molecule has 1 fully saturated rings. The van der Waals surface area contributed by atoms with Gasteiger partial charge in [-0.3, -0.25) is 0 Å². The van der Waals surface area contributed by atoms with E-state index >= 15 is 0 Å². The second kappa shape index (κ2) is 6.29. The lowest BCUT2D eigenvalue weighted by molar-refractivity contribution is 0.0186. The van der Waals surface area contributed by atoms with Crippen LogP contribution >= 0.6 is 0 Å². The van der Waals surface area contributed by atoms with Gasteiger partial charge in [0.05, 0.1) is 0 Å². The van der Waals surface area contributed by atoms with Crippen molar-refractivity contribution in [1.82, 2.24) is 4.90 Å². The summed E-state index contributed by atoms with van der Waals surface area (Å²) < 4.78 is 5.44. The average Bonchev–Trinajstić information content (AvgIpc) is 2.35. The molecule has 0 spiro atoms. The molecule has 4 heteroatoms. The van der Waals surface area contributed by atoms with Crippen molar-refractivity contribution in [3.8, 4) is 0 Å². The minimum absolute atomic E-state index is 0.0533. The number of ether oxygens (including phenoxy) is 1. The first-order valence-corrected chi connectivity index (χ1v) is 7.97. The third-order valence-electron chi connectivity index (χ3n) is 3.98. The van der Waals surface area contributed by atoms with Gasteiger partial charge in [0.1, 0.15) is 5.60 Å². The summed E-state index contributed by atoms with van der Waals surface area (Å²) in [4.78, 5) is 13.9. The Morgan fingerprint density at radius 2 is 1.82 bits per heavy atom. The van der Waals surface area contributed by atoms with Crippen LogP contribution in [0.15, 0.2) is 18.2 Å². The molecule has 2 atom stereocenters. The van der Waals surface area contributed by atoms with E-state index in [1.165, 1.54) is 16.7 Å². The van der Waals surface area contributed by atoms with E-state index in [9.17, 15) is 4.79 Å². The van der Waals surface area contributed by atoms with E-state index in [1.807, 2.05) is 20.8 Å². The Morgan fingerprint density at radius 3 is 2.32 bits per heavy atom. The molecule has 4 nitrogen and oxygen atoms in total. The lowest BCUT2D eigenvalue weighted by Gasteiger charge is -2.37. The van der Waals surface area contributed by atoms with Crippen LogP contribution in [0.2, 0.25) is 0 Å². The summed E-state index contributed by atoms with van der Waals surface area (Å²) in [5.74, 6) is 0.303. The number of aryl methyl sites for hydroxylation is 2. The van der Waals surface area contributed by atoms with Gasteiger partial charge in [0.2, 0.25) is 0 Å². The van der Waals surface area contributed by atoms with Crippen LogP contribution in [-0.4, -0.2) is 35.7 Å².